The summed E-state index contributed by atoms with van der Waals surface area (Å²) in [7, 11) is 0. The van der Waals surface area contributed by atoms with Crippen LogP contribution >= 0.6 is 0 Å². The van der Waals surface area contributed by atoms with Gasteiger partial charge in [-0.15, -0.1) is 0 Å². The Kier molecular flexibility index (Phi) is 8.34. The van der Waals surface area contributed by atoms with Crippen molar-refractivity contribution in [2.24, 2.45) is 16.8 Å². The molecule has 0 rings (SSSR count). The van der Waals surface area contributed by atoms with Crippen LogP contribution in [0, 0.1) is 11.8 Å². The van der Waals surface area contributed by atoms with Gasteiger partial charge in [-0.1, -0.05) is 34.3 Å². The number of ether oxygens (including phenoxy) is 1. The van der Waals surface area contributed by atoms with E-state index in [1.807, 2.05) is 0 Å². The van der Waals surface area contributed by atoms with Gasteiger partial charge in [-0.3, -0.25) is 4.99 Å². The van der Waals surface area contributed by atoms with Crippen molar-refractivity contribution in [1.82, 2.24) is 0 Å². The molecule has 0 aliphatic heterocycles. The predicted octanol–water partition coefficient (Wildman–Crippen LogP) is 3.64. The lowest BCUT2D eigenvalue weighted by Crippen LogP contribution is -2.12. The van der Waals surface area contributed by atoms with Gasteiger partial charge >= 0.3 is 5.97 Å². The lowest BCUT2D eigenvalue weighted by atomic mass is 9.99. The minimum absolute atomic E-state index is 0.334. The lowest BCUT2D eigenvalue weighted by molar-refractivity contribution is -0.138. The molecule has 0 N–H and O–H groups in total. The predicted molar refractivity (Wildman–Crippen MR) is 77.0 cm³/mol. The standard InChI is InChI=1S/C15H27NO2/c1-11(2)9-14(10-12(3)4)16-7-8-18-15(17)13(5)6/h11-12H,5,7-10H2,1-4,6H3. The van der Waals surface area contributed by atoms with Crippen molar-refractivity contribution >= 4 is 11.7 Å². The molecule has 0 aliphatic carbocycles. The maximum Gasteiger partial charge on any atom is 0.333 e. The molecular formula is C15H27NO2. The molecule has 18 heavy (non-hydrogen) atoms. The van der Waals surface area contributed by atoms with Crippen LogP contribution in [0.4, 0.5) is 0 Å². The van der Waals surface area contributed by atoms with Crippen molar-refractivity contribution in [1.29, 1.82) is 0 Å². The highest BCUT2D eigenvalue weighted by Gasteiger charge is 2.06. The van der Waals surface area contributed by atoms with E-state index in [-0.39, 0.29) is 5.97 Å². The number of hydrogen-bond donors (Lipinski definition) is 0. The van der Waals surface area contributed by atoms with Crippen LogP contribution in [-0.2, 0) is 9.53 Å². The first-order valence-electron chi connectivity index (χ1n) is 6.67. The Morgan fingerprint density at radius 2 is 1.67 bits per heavy atom. The summed E-state index contributed by atoms with van der Waals surface area (Å²) >= 11 is 0. The molecule has 0 unspecified atom stereocenters. The van der Waals surface area contributed by atoms with Crippen LogP contribution in [0.25, 0.3) is 0 Å². The molecule has 0 amide bonds. The molecule has 0 aliphatic rings. The van der Waals surface area contributed by atoms with Gasteiger partial charge in [-0.25, -0.2) is 4.79 Å². The summed E-state index contributed by atoms with van der Waals surface area (Å²) in [6.45, 7) is 14.8. The maximum atomic E-state index is 11.2. The molecule has 0 fully saturated rings. The van der Waals surface area contributed by atoms with Gasteiger partial charge in [0.15, 0.2) is 0 Å². The van der Waals surface area contributed by atoms with Gasteiger partial charge in [0, 0.05) is 11.3 Å². The van der Waals surface area contributed by atoms with Crippen molar-refractivity contribution < 1.29 is 9.53 Å². The van der Waals surface area contributed by atoms with Crippen LogP contribution in [0.15, 0.2) is 17.1 Å². The number of carbonyl (C=O) groups excluding carboxylic acids is 1. The number of hydrogen-bond acceptors (Lipinski definition) is 3. The Morgan fingerprint density at radius 1 is 1.17 bits per heavy atom. The van der Waals surface area contributed by atoms with Gasteiger partial charge in [0.05, 0.1) is 6.54 Å². The number of rotatable bonds is 8. The molecule has 0 aromatic heterocycles. The van der Waals surface area contributed by atoms with Crippen molar-refractivity contribution in [2.45, 2.75) is 47.5 Å². The third-order valence-corrected chi connectivity index (χ3v) is 2.30. The molecule has 0 radical (unpaired) electrons. The van der Waals surface area contributed by atoms with Crippen LogP contribution in [0.1, 0.15) is 47.5 Å². The van der Waals surface area contributed by atoms with Gasteiger partial charge in [0.25, 0.3) is 0 Å². The highest BCUT2D eigenvalue weighted by Crippen LogP contribution is 2.10. The Balaban J connectivity index is 4.14. The number of nitrogens with zero attached hydrogens (tertiary/aromatic N) is 1. The SMILES string of the molecule is C=C(C)C(=O)OCCN=C(CC(C)C)CC(C)C. The average Bonchev–Trinajstić information content (AvgIpc) is 2.21. The minimum atomic E-state index is -0.334. The van der Waals surface area contributed by atoms with Crippen LogP contribution in [0.2, 0.25) is 0 Å². The van der Waals surface area contributed by atoms with E-state index < -0.39 is 0 Å². The first kappa shape index (κ1) is 16.9. The second-order valence-electron chi connectivity index (χ2n) is 5.56. The zero-order chi connectivity index (χ0) is 14.1. The topological polar surface area (TPSA) is 38.7 Å². The van der Waals surface area contributed by atoms with Crippen LogP contribution in [0.3, 0.4) is 0 Å². The zero-order valence-electron chi connectivity index (χ0n) is 12.5. The number of carbonyl (C=O) groups is 1. The fourth-order valence-electron chi connectivity index (χ4n) is 1.62. The molecular weight excluding hydrogens is 226 g/mol. The van der Waals surface area contributed by atoms with Crippen molar-refractivity contribution in [2.75, 3.05) is 13.2 Å². The fraction of sp³-hybridized carbons (Fsp3) is 0.733. The third-order valence-electron chi connectivity index (χ3n) is 2.30. The van der Waals surface area contributed by atoms with E-state index >= 15 is 0 Å². The van der Waals surface area contributed by atoms with Gasteiger partial charge in [-0.2, -0.15) is 0 Å². The Bertz CT molecular complexity index is 292. The van der Waals surface area contributed by atoms with Gasteiger partial charge < -0.3 is 4.74 Å². The van der Waals surface area contributed by atoms with Crippen molar-refractivity contribution in [3.63, 3.8) is 0 Å². The summed E-state index contributed by atoms with van der Waals surface area (Å²) in [6, 6.07) is 0. The third kappa shape index (κ3) is 8.97. The molecule has 0 heterocycles. The molecule has 0 atom stereocenters. The normalized spacial score (nSPS) is 10.6. The molecule has 0 spiro atoms. The molecule has 3 heteroatoms. The van der Waals surface area contributed by atoms with Gasteiger partial charge in [0.2, 0.25) is 0 Å². The summed E-state index contributed by atoms with van der Waals surface area (Å²) in [5, 5.41) is 0. The smallest absolute Gasteiger partial charge is 0.333 e. The molecule has 0 aromatic carbocycles. The monoisotopic (exact) mass is 253 g/mol. The molecule has 0 aromatic rings. The summed E-state index contributed by atoms with van der Waals surface area (Å²) < 4.78 is 5.02. The summed E-state index contributed by atoms with van der Waals surface area (Å²) in [6.07, 6.45) is 2.04. The largest absolute Gasteiger partial charge is 0.460 e. The summed E-state index contributed by atoms with van der Waals surface area (Å²) in [5.74, 6) is 0.889. The molecule has 0 bridgehead atoms. The number of aliphatic imine (C=N–C) groups is 1. The van der Waals surface area contributed by atoms with E-state index in [0.29, 0.717) is 30.6 Å². The van der Waals surface area contributed by atoms with E-state index in [1.165, 1.54) is 5.71 Å². The highest BCUT2D eigenvalue weighted by atomic mass is 16.5. The zero-order valence-corrected chi connectivity index (χ0v) is 12.5. The van der Waals surface area contributed by atoms with E-state index in [9.17, 15) is 4.79 Å². The molecule has 0 saturated heterocycles. The average molecular weight is 253 g/mol. The summed E-state index contributed by atoms with van der Waals surface area (Å²) in [5.41, 5.74) is 1.66. The molecule has 104 valence electrons. The second-order valence-corrected chi connectivity index (χ2v) is 5.56. The van der Waals surface area contributed by atoms with Crippen LogP contribution in [0.5, 0.6) is 0 Å². The first-order valence-corrected chi connectivity index (χ1v) is 6.67. The van der Waals surface area contributed by atoms with Gasteiger partial charge in [0.1, 0.15) is 6.61 Å². The van der Waals surface area contributed by atoms with Crippen molar-refractivity contribution in [3.8, 4) is 0 Å². The molecule has 3 nitrogen and oxygen atoms in total. The lowest BCUT2D eigenvalue weighted by Gasteiger charge is -2.12. The van der Waals surface area contributed by atoms with Crippen LogP contribution in [-0.4, -0.2) is 24.8 Å². The summed E-state index contributed by atoms with van der Waals surface area (Å²) in [4.78, 5) is 15.7. The number of esters is 1. The van der Waals surface area contributed by atoms with E-state index in [4.69, 9.17) is 4.74 Å². The Labute approximate surface area is 111 Å². The fourth-order valence-corrected chi connectivity index (χ4v) is 1.62. The highest BCUT2D eigenvalue weighted by molar-refractivity contribution is 5.87. The Hall–Kier alpha value is -1.12. The second kappa shape index (κ2) is 8.90. The van der Waals surface area contributed by atoms with E-state index in [2.05, 4.69) is 39.3 Å². The van der Waals surface area contributed by atoms with Crippen molar-refractivity contribution in [3.05, 3.63) is 12.2 Å². The minimum Gasteiger partial charge on any atom is -0.460 e. The van der Waals surface area contributed by atoms with E-state index in [0.717, 1.165) is 12.8 Å². The quantitative estimate of drug-likeness (QED) is 0.287. The first-order chi connectivity index (χ1) is 8.32. The molecule has 0 saturated carbocycles. The van der Waals surface area contributed by atoms with Crippen LogP contribution < -0.4 is 0 Å². The van der Waals surface area contributed by atoms with Gasteiger partial charge in [-0.05, 0) is 31.6 Å². The Morgan fingerprint density at radius 3 is 2.06 bits per heavy atom. The maximum absolute atomic E-state index is 11.2. The van der Waals surface area contributed by atoms with E-state index in [1.54, 1.807) is 6.92 Å².